The van der Waals surface area contributed by atoms with Gasteiger partial charge in [-0.3, -0.25) is 0 Å². The summed E-state index contributed by atoms with van der Waals surface area (Å²) in [5, 5.41) is 27.4. The Kier molecular flexibility index (Phi) is 34.4. The smallest absolute Gasteiger partial charge is 0.769 e. The molecule has 4 atom stereocenters. The molecule has 3 N–H and O–H groups in total. The molecule has 4 unspecified atom stereocenters. The van der Waals surface area contributed by atoms with Crippen molar-refractivity contribution in [2.75, 3.05) is 6.61 Å². The van der Waals surface area contributed by atoms with Crippen molar-refractivity contribution in [3.05, 3.63) is 0 Å². The molecule has 0 aliphatic carbocycles. The average molecular weight is 365 g/mol. The average Bonchev–Trinajstić information content (AvgIpc) is 2.53. The van der Waals surface area contributed by atoms with Crippen LogP contribution < -0.4 is 34.2 Å². The fourth-order valence-corrected chi connectivity index (χ4v) is 2.02. The standard InChI is InChI=1S/C8H18O2.C8H16O2.ClO.Na/c2*1-3-5-8(10)7(4-2)6-9;1-2;/h7-10H,3-6H2,1-2H3;6-8,10H,3-5H2,1-2H3;;/q;;-1;+1. The molecule has 0 aliphatic rings. The maximum absolute atomic E-state index is 10.3. The summed E-state index contributed by atoms with van der Waals surface area (Å²) in [6, 6.07) is 0. The molecule has 5 nitrogen and oxygen atoms in total. The number of halogens is 1. The molecule has 7 heteroatoms. The molecular weight excluding hydrogens is 331 g/mol. The summed E-state index contributed by atoms with van der Waals surface area (Å²) < 4.78 is 7.72. The Morgan fingerprint density at radius 2 is 1.39 bits per heavy atom. The third-order valence-electron chi connectivity index (χ3n) is 3.61. The molecule has 0 amide bonds. The summed E-state index contributed by atoms with van der Waals surface area (Å²) in [6.45, 7) is 8.05. The van der Waals surface area contributed by atoms with E-state index in [9.17, 15) is 15.0 Å². The van der Waals surface area contributed by atoms with Gasteiger partial charge < -0.3 is 24.8 Å². The number of aliphatic hydroxyl groups excluding tert-OH is 3. The Hall–Kier alpha value is 0.800. The van der Waals surface area contributed by atoms with Crippen molar-refractivity contribution < 1.29 is 54.3 Å². The van der Waals surface area contributed by atoms with Crippen LogP contribution in [-0.4, -0.2) is 40.4 Å². The summed E-state index contributed by atoms with van der Waals surface area (Å²) in [7, 11) is 0. The summed E-state index contributed by atoms with van der Waals surface area (Å²) in [5.74, 6) is -0.0695. The largest absolute Gasteiger partial charge is 1.00 e. The van der Waals surface area contributed by atoms with Crippen molar-refractivity contribution >= 4 is 18.2 Å². The van der Waals surface area contributed by atoms with Crippen molar-refractivity contribution in [1.82, 2.24) is 0 Å². The first-order chi connectivity index (χ1) is 10.5. The second-order valence-electron chi connectivity index (χ2n) is 5.27. The van der Waals surface area contributed by atoms with Gasteiger partial charge in [0.15, 0.2) is 0 Å². The Morgan fingerprint density at radius 1 is 0.957 bits per heavy atom. The summed E-state index contributed by atoms with van der Waals surface area (Å²) >= 11 is 3.39. The van der Waals surface area contributed by atoms with Gasteiger partial charge >= 0.3 is 29.6 Å². The van der Waals surface area contributed by atoms with Crippen LogP contribution in [0, 0.1) is 11.8 Å². The van der Waals surface area contributed by atoms with Gasteiger partial charge in [-0.2, -0.15) is 0 Å². The molecule has 0 fully saturated rings. The van der Waals surface area contributed by atoms with Crippen molar-refractivity contribution in [2.24, 2.45) is 11.8 Å². The molecule has 0 spiro atoms. The maximum Gasteiger partial charge on any atom is 1.00 e. The number of hydrogen-bond donors (Lipinski definition) is 3. The van der Waals surface area contributed by atoms with E-state index in [4.69, 9.17) is 9.77 Å². The normalized spacial score (nSPS) is 14.7. The molecule has 0 aromatic heterocycles. The van der Waals surface area contributed by atoms with Crippen LogP contribution in [0.15, 0.2) is 0 Å². The number of carbonyl (C=O) groups excluding carboxylic acids is 1. The maximum atomic E-state index is 10.3. The fraction of sp³-hybridized carbons (Fsp3) is 0.938. The van der Waals surface area contributed by atoms with Gasteiger partial charge in [0.1, 0.15) is 6.29 Å². The minimum absolute atomic E-state index is 0. The SMILES string of the molecule is CCCC(O)C(C=O)CC.CCCC(O)C(CC)CO.[Na+].[O-]Cl. The second kappa shape index (κ2) is 25.0. The fourth-order valence-electron chi connectivity index (χ4n) is 2.02. The van der Waals surface area contributed by atoms with Crippen LogP contribution in [0.1, 0.15) is 66.2 Å². The van der Waals surface area contributed by atoms with Crippen molar-refractivity contribution in [1.29, 1.82) is 0 Å². The van der Waals surface area contributed by atoms with Gasteiger partial charge in [0.25, 0.3) is 0 Å². The first-order valence-corrected chi connectivity index (χ1v) is 8.40. The van der Waals surface area contributed by atoms with Crippen LogP contribution in [0.4, 0.5) is 0 Å². The topological polar surface area (TPSA) is 101 Å². The predicted molar refractivity (Wildman–Crippen MR) is 88.4 cm³/mol. The molecule has 0 heterocycles. The zero-order chi connectivity index (χ0) is 18.0. The van der Waals surface area contributed by atoms with Gasteiger partial charge in [-0.1, -0.05) is 40.5 Å². The van der Waals surface area contributed by atoms with Crippen molar-refractivity contribution in [3.8, 4) is 0 Å². The zero-order valence-corrected chi connectivity index (χ0v) is 18.1. The van der Waals surface area contributed by atoms with Crippen LogP contribution >= 0.6 is 11.9 Å². The van der Waals surface area contributed by atoms with Crippen LogP contribution in [0.5, 0.6) is 0 Å². The van der Waals surface area contributed by atoms with Crippen molar-refractivity contribution in [3.63, 3.8) is 0 Å². The second-order valence-corrected chi connectivity index (χ2v) is 5.27. The monoisotopic (exact) mass is 364 g/mol. The van der Waals surface area contributed by atoms with E-state index >= 15 is 0 Å². The third kappa shape index (κ3) is 19.0. The van der Waals surface area contributed by atoms with Crippen LogP contribution in [0.25, 0.3) is 0 Å². The van der Waals surface area contributed by atoms with E-state index in [2.05, 4.69) is 11.9 Å². The Bertz CT molecular complexity index is 219. The molecule has 0 radical (unpaired) electrons. The third-order valence-corrected chi connectivity index (χ3v) is 3.61. The Balaban J connectivity index is -0.000000136. The first kappa shape index (κ1) is 31.6. The van der Waals surface area contributed by atoms with E-state index in [-0.39, 0.29) is 54.1 Å². The number of carbonyl (C=O) groups is 1. The minimum atomic E-state index is -0.424. The summed E-state index contributed by atoms with van der Waals surface area (Å²) in [6.07, 6.45) is 5.18. The number of rotatable bonds is 10. The summed E-state index contributed by atoms with van der Waals surface area (Å²) in [4.78, 5) is 10.3. The van der Waals surface area contributed by atoms with Gasteiger partial charge in [-0.25, -0.2) is 11.9 Å². The minimum Gasteiger partial charge on any atom is -0.769 e. The molecule has 0 aliphatic heterocycles. The number of hydrogen-bond acceptors (Lipinski definition) is 5. The Morgan fingerprint density at radius 3 is 1.65 bits per heavy atom. The van der Waals surface area contributed by atoms with Crippen molar-refractivity contribution in [2.45, 2.75) is 78.4 Å². The molecule has 23 heavy (non-hydrogen) atoms. The van der Waals surface area contributed by atoms with Gasteiger partial charge in [0.2, 0.25) is 0 Å². The Labute approximate surface area is 168 Å². The summed E-state index contributed by atoms with van der Waals surface area (Å²) in [5.41, 5.74) is 0. The quantitative estimate of drug-likeness (QED) is 0.342. The number of aldehydes is 1. The van der Waals surface area contributed by atoms with Gasteiger partial charge in [0.05, 0.1) is 12.2 Å². The first-order valence-electron chi connectivity index (χ1n) is 8.09. The molecule has 136 valence electrons. The van der Waals surface area contributed by atoms with E-state index < -0.39 is 6.10 Å². The van der Waals surface area contributed by atoms with Gasteiger partial charge in [-0.15, -0.1) is 0 Å². The predicted octanol–water partition coefficient (Wildman–Crippen LogP) is -0.957. The van der Waals surface area contributed by atoms with E-state index in [1.165, 1.54) is 0 Å². The molecule has 0 saturated carbocycles. The molecule has 0 saturated heterocycles. The van der Waals surface area contributed by atoms with E-state index in [0.29, 0.717) is 0 Å². The van der Waals surface area contributed by atoms with E-state index in [1.807, 2.05) is 27.7 Å². The van der Waals surface area contributed by atoms with Gasteiger partial charge in [0, 0.05) is 18.4 Å². The molecule has 0 aromatic carbocycles. The van der Waals surface area contributed by atoms with E-state index in [0.717, 1.165) is 44.8 Å². The molecule has 0 bridgehead atoms. The van der Waals surface area contributed by atoms with Gasteiger partial charge in [-0.05, 0) is 25.7 Å². The van der Waals surface area contributed by atoms with Crippen LogP contribution in [0.3, 0.4) is 0 Å². The van der Waals surface area contributed by atoms with Crippen LogP contribution in [-0.2, 0) is 4.79 Å². The van der Waals surface area contributed by atoms with Crippen LogP contribution in [0.2, 0.25) is 0 Å². The number of aliphatic hydroxyl groups is 3. The molecular formula is C16H34ClNaO5. The van der Waals surface area contributed by atoms with E-state index in [1.54, 1.807) is 0 Å². The molecule has 0 rings (SSSR count). The zero-order valence-electron chi connectivity index (χ0n) is 15.4. The molecule has 0 aromatic rings.